The van der Waals surface area contributed by atoms with Crippen LogP contribution in [0, 0.1) is 0 Å². The molecular formula is C17H22F3N3O. The number of carbonyl (C=O) groups is 1. The van der Waals surface area contributed by atoms with Crippen LogP contribution in [0.5, 0.6) is 0 Å². The minimum absolute atomic E-state index is 0.0178. The summed E-state index contributed by atoms with van der Waals surface area (Å²) in [6, 6.07) is 5.77. The fourth-order valence-electron chi connectivity index (χ4n) is 3.58. The first-order valence-corrected chi connectivity index (χ1v) is 8.32. The molecular weight excluding hydrogens is 319 g/mol. The monoisotopic (exact) mass is 341 g/mol. The van der Waals surface area contributed by atoms with E-state index < -0.39 is 11.7 Å². The number of alkyl halides is 3. The number of benzene rings is 1. The number of halogens is 3. The number of nitrogens with one attached hydrogen (secondary N) is 1. The third-order valence-corrected chi connectivity index (χ3v) is 5.10. The number of rotatable bonds is 3. The largest absolute Gasteiger partial charge is 0.416 e. The van der Waals surface area contributed by atoms with Crippen molar-refractivity contribution in [3.8, 4) is 0 Å². The van der Waals surface area contributed by atoms with Gasteiger partial charge in [-0.1, -0.05) is 12.1 Å². The zero-order valence-electron chi connectivity index (χ0n) is 13.6. The fourth-order valence-corrected chi connectivity index (χ4v) is 3.58. The van der Waals surface area contributed by atoms with E-state index >= 15 is 0 Å². The van der Waals surface area contributed by atoms with Gasteiger partial charge in [-0.15, -0.1) is 0 Å². The Kier molecular flexibility index (Phi) is 4.71. The standard InChI is InChI=1S/C17H22F3N3O/c1-12(13-2-4-14(5-3-13)17(18,19)20)22-9-6-15(7-10-22)23-11-8-21-16(23)24/h2-5,12,15H,6-11H2,1H3,(H,21,24). The van der Waals surface area contributed by atoms with Gasteiger partial charge in [-0.2, -0.15) is 13.2 Å². The highest BCUT2D eigenvalue weighted by Gasteiger charge is 2.33. The van der Waals surface area contributed by atoms with E-state index in [0.29, 0.717) is 6.54 Å². The summed E-state index contributed by atoms with van der Waals surface area (Å²) in [5.41, 5.74) is 0.276. The van der Waals surface area contributed by atoms with Crippen LogP contribution in [0.1, 0.15) is 36.9 Å². The highest BCUT2D eigenvalue weighted by Crippen LogP contribution is 2.31. The van der Waals surface area contributed by atoms with Gasteiger partial charge < -0.3 is 10.2 Å². The van der Waals surface area contributed by atoms with Gasteiger partial charge in [-0.05, 0) is 37.5 Å². The Labute approximate surface area is 139 Å². The highest BCUT2D eigenvalue weighted by molar-refractivity contribution is 5.76. The number of piperidine rings is 1. The van der Waals surface area contributed by atoms with Crippen LogP contribution in [0.4, 0.5) is 18.0 Å². The summed E-state index contributed by atoms with van der Waals surface area (Å²) in [6.45, 7) is 5.18. The van der Waals surface area contributed by atoms with E-state index in [4.69, 9.17) is 0 Å². The second-order valence-electron chi connectivity index (χ2n) is 6.49. The lowest BCUT2D eigenvalue weighted by Gasteiger charge is -2.39. The van der Waals surface area contributed by atoms with Crippen molar-refractivity contribution in [2.45, 2.75) is 38.0 Å². The molecule has 0 radical (unpaired) electrons. The Hall–Kier alpha value is -1.76. The van der Waals surface area contributed by atoms with Gasteiger partial charge in [0.1, 0.15) is 0 Å². The fraction of sp³-hybridized carbons (Fsp3) is 0.588. The van der Waals surface area contributed by atoms with E-state index in [1.165, 1.54) is 0 Å². The minimum Gasteiger partial charge on any atom is -0.336 e. The van der Waals surface area contributed by atoms with Crippen molar-refractivity contribution >= 4 is 6.03 Å². The molecule has 2 aliphatic heterocycles. The normalized spacial score (nSPS) is 21.8. The second-order valence-corrected chi connectivity index (χ2v) is 6.49. The van der Waals surface area contributed by atoms with Crippen molar-refractivity contribution in [2.24, 2.45) is 0 Å². The molecule has 1 atom stereocenters. The zero-order valence-corrected chi connectivity index (χ0v) is 13.6. The van der Waals surface area contributed by atoms with Gasteiger partial charge in [0.25, 0.3) is 0 Å². The first-order valence-electron chi connectivity index (χ1n) is 8.32. The Morgan fingerprint density at radius 3 is 2.25 bits per heavy atom. The van der Waals surface area contributed by atoms with Crippen molar-refractivity contribution in [1.29, 1.82) is 0 Å². The number of nitrogens with zero attached hydrogens (tertiary/aromatic N) is 2. The van der Waals surface area contributed by atoms with Crippen molar-refractivity contribution in [3.05, 3.63) is 35.4 Å². The number of carbonyl (C=O) groups excluding carboxylic acids is 1. The summed E-state index contributed by atoms with van der Waals surface area (Å²) in [5, 5.41) is 2.83. The van der Waals surface area contributed by atoms with E-state index in [1.807, 2.05) is 11.8 Å². The SMILES string of the molecule is CC(c1ccc(C(F)(F)F)cc1)N1CCC(N2CCNC2=O)CC1. The predicted octanol–water partition coefficient (Wildman–Crippen LogP) is 3.26. The number of hydrogen-bond donors (Lipinski definition) is 1. The first-order chi connectivity index (χ1) is 11.4. The molecule has 1 aromatic rings. The first kappa shape index (κ1) is 17.1. The Balaban J connectivity index is 1.58. The predicted molar refractivity (Wildman–Crippen MR) is 84.6 cm³/mol. The van der Waals surface area contributed by atoms with E-state index in [2.05, 4.69) is 10.2 Å². The zero-order chi connectivity index (χ0) is 17.3. The third-order valence-electron chi connectivity index (χ3n) is 5.10. The molecule has 24 heavy (non-hydrogen) atoms. The maximum atomic E-state index is 12.7. The van der Waals surface area contributed by atoms with Gasteiger partial charge >= 0.3 is 12.2 Å². The van der Waals surface area contributed by atoms with E-state index in [0.717, 1.165) is 50.2 Å². The molecule has 1 aromatic carbocycles. The van der Waals surface area contributed by atoms with Crippen LogP contribution < -0.4 is 5.32 Å². The molecule has 0 bridgehead atoms. The van der Waals surface area contributed by atoms with Crippen LogP contribution in [0.25, 0.3) is 0 Å². The molecule has 1 N–H and O–H groups in total. The molecule has 0 saturated carbocycles. The molecule has 2 fully saturated rings. The summed E-state index contributed by atoms with van der Waals surface area (Å²) in [6.07, 6.45) is -2.49. The Bertz CT molecular complexity index is 580. The molecule has 4 nitrogen and oxygen atoms in total. The quantitative estimate of drug-likeness (QED) is 0.916. The summed E-state index contributed by atoms with van der Waals surface area (Å²) in [7, 11) is 0. The summed E-state index contributed by atoms with van der Waals surface area (Å²) < 4.78 is 38.0. The lowest BCUT2D eigenvalue weighted by atomic mass is 9.98. The molecule has 0 aromatic heterocycles. The van der Waals surface area contributed by atoms with E-state index in [-0.39, 0.29) is 18.1 Å². The molecule has 3 rings (SSSR count). The van der Waals surface area contributed by atoms with Crippen LogP contribution >= 0.6 is 0 Å². The van der Waals surface area contributed by atoms with Crippen molar-refractivity contribution in [1.82, 2.24) is 15.1 Å². The summed E-state index contributed by atoms with van der Waals surface area (Å²) >= 11 is 0. The van der Waals surface area contributed by atoms with Gasteiger partial charge in [0, 0.05) is 38.3 Å². The highest BCUT2D eigenvalue weighted by atomic mass is 19.4. The molecule has 1 unspecified atom stereocenters. The summed E-state index contributed by atoms with van der Waals surface area (Å²) in [4.78, 5) is 15.9. The molecule has 132 valence electrons. The van der Waals surface area contributed by atoms with Crippen LogP contribution in [0.3, 0.4) is 0 Å². The average Bonchev–Trinajstić information content (AvgIpc) is 3.00. The molecule has 0 spiro atoms. The van der Waals surface area contributed by atoms with E-state index in [1.54, 1.807) is 12.1 Å². The average molecular weight is 341 g/mol. The number of hydrogen-bond acceptors (Lipinski definition) is 2. The summed E-state index contributed by atoms with van der Waals surface area (Å²) in [5.74, 6) is 0. The maximum Gasteiger partial charge on any atom is 0.416 e. The molecule has 2 amide bonds. The van der Waals surface area contributed by atoms with Crippen LogP contribution in [-0.4, -0.2) is 48.1 Å². The van der Waals surface area contributed by atoms with Gasteiger partial charge in [0.05, 0.1) is 5.56 Å². The minimum atomic E-state index is -4.30. The molecule has 2 saturated heterocycles. The van der Waals surface area contributed by atoms with Crippen LogP contribution in [0.15, 0.2) is 24.3 Å². The molecule has 7 heteroatoms. The smallest absolute Gasteiger partial charge is 0.336 e. The number of urea groups is 1. The lowest BCUT2D eigenvalue weighted by molar-refractivity contribution is -0.137. The second kappa shape index (κ2) is 6.63. The molecule has 2 heterocycles. The number of amides is 2. The van der Waals surface area contributed by atoms with Crippen LogP contribution in [0.2, 0.25) is 0 Å². The van der Waals surface area contributed by atoms with Gasteiger partial charge in [0.2, 0.25) is 0 Å². The topological polar surface area (TPSA) is 35.6 Å². The third kappa shape index (κ3) is 3.50. The van der Waals surface area contributed by atoms with Crippen LogP contribution in [-0.2, 0) is 6.18 Å². The van der Waals surface area contributed by atoms with Gasteiger partial charge in [-0.3, -0.25) is 4.90 Å². The van der Waals surface area contributed by atoms with E-state index in [9.17, 15) is 18.0 Å². The lowest BCUT2D eigenvalue weighted by Crippen LogP contribution is -2.46. The Morgan fingerprint density at radius 2 is 1.75 bits per heavy atom. The number of likely N-dealkylation sites (tertiary alicyclic amines) is 1. The molecule has 2 aliphatic rings. The van der Waals surface area contributed by atoms with Gasteiger partial charge in [0.15, 0.2) is 0 Å². The van der Waals surface area contributed by atoms with Crippen molar-refractivity contribution in [2.75, 3.05) is 26.2 Å². The maximum absolute atomic E-state index is 12.7. The molecule has 0 aliphatic carbocycles. The Morgan fingerprint density at radius 1 is 1.12 bits per heavy atom. The van der Waals surface area contributed by atoms with Crippen molar-refractivity contribution in [3.63, 3.8) is 0 Å². The van der Waals surface area contributed by atoms with Gasteiger partial charge in [-0.25, -0.2) is 4.79 Å². The van der Waals surface area contributed by atoms with Crippen molar-refractivity contribution < 1.29 is 18.0 Å².